The highest BCUT2D eigenvalue weighted by Gasteiger charge is 2.45. The molecule has 0 N–H and O–H groups in total. The van der Waals surface area contributed by atoms with Crippen LogP contribution in [0.2, 0.25) is 0 Å². The van der Waals surface area contributed by atoms with Crippen LogP contribution in [0.5, 0.6) is 5.75 Å². The molecule has 0 bridgehead atoms. The first-order chi connectivity index (χ1) is 15.9. The molecule has 1 spiro atoms. The van der Waals surface area contributed by atoms with Gasteiger partial charge >= 0.3 is 6.18 Å². The van der Waals surface area contributed by atoms with Gasteiger partial charge in [-0.2, -0.15) is 13.2 Å². The van der Waals surface area contributed by atoms with Crippen molar-refractivity contribution in [3.63, 3.8) is 0 Å². The lowest BCUT2D eigenvalue weighted by molar-refractivity contribution is -0.139. The minimum atomic E-state index is -4.63. The highest BCUT2D eigenvalue weighted by molar-refractivity contribution is 5.95. The number of nitrogens with zero attached hydrogens (tertiary/aromatic N) is 3. The van der Waals surface area contributed by atoms with Gasteiger partial charge in [0.25, 0.3) is 5.91 Å². The third-order valence-corrected chi connectivity index (χ3v) is 6.98. The zero-order chi connectivity index (χ0) is 24.8. The third kappa shape index (κ3) is 4.21. The molecule has 2 aliphatic rings. The summed E-state index contributed by atoms with van der Waals surface area (Å²) in [5.74, 6) is -0.679. The molecule has 0 saturated carbocycles. The maximum atomic E-state index is 13.6. The summed E-state index contributed by atoms with van der Waals surface area (Å²) in [6, 6.07) is 7.37. The van der Waals surface area contributed by atoms with E-state index >= 15 is 0 Å². The molecule has 1 saturated heterocycles. The van der Waals surface area contributed by atoms with Gasteiger partial charge in [0.1, 0.15) is 5.75 Å². The molecule has 1 aromatic heterocycles. The molecule has 4 rings (SSSR count). The smallest absolute Gasteiger partial charge is 0.419 e. The molecule has 1 aromatic carbocycles. The second kappa shape index (κ2) is 8.76. The molecule has 0 unspecified atom stereocenters. The van der Waals surface area contributed by atoms with Crippen LogP contribution in [0, 0.1) is 0 Å². The number of rotatable bonds is 4. The maximum Gasteiger partial charge on any atom is 0.419 e. The van der Waals surface area contributed by atoms with E-state index in [2.05, 4.69) is 9.47 Å². The van der Waals surface area contributed by atoms with Crippen molar-refractivity contribution in [2.45, 2.75) is 58.0 Å². The third-order valence-electron chi connectivity index (χ3n) is 6.98. The summed E-state index contributed by atoms with van der Waals surface area (Å²) in [6.45, 7) is 7.19. The molecule has 184 valence electrons. The van der Waals surface area contributed by atoms with Crippen molar-refractivity contribution in [2.24, 2.45) is 0 Å². The predicted molar refractivity (Wildman–Crippen MR) is 121 cm³/mol. The van der Waals surface area contributed by atoms with Crippen molar-refractivity contribution >= 4 is 11.7 Å². The van der Waals surface area contributed by atoms with Gasteiger partial charge in [0.2, 0.25) is 0 Å². The summed E-state index contributed by atoms with van der Waals surface area (Å²) in [7, 11) is 2.05. The van der Waals surface area contributed by atoms with Gasteiger partial charge in [-0.05, 0) is 64.1 Å². The van der Waals surface area contributed by atoms with Gasteiger partial charge in [-0.15, -0.1) is 0 Å². The van der Waals surface area contributed by atoms with Crippen LogP contribution in [0.4, 0.5) is 13.2 Å². The Balaban J connectivity index is 1.57. The highest BCUT2D eigenvalue weighted by Crippen LogP contribution is 2.42. The lowest BCUT2D eigenvalue weighted by atomic mass is 9.81. The Kier molecular flexibility index (Phi) is 6.27. The molecule has 6 nitrogen and oxygen atoms in total. The summed E-state index contributed by atoms with van der Waals surface area (Å²) < 4.78 is 48.3. The normalized spacial score (nSPS) is 18.3. The van der Waals surface area contributed by atoms with Gasteiger partial charge in [-0.1, -0.05) is 0 Å². The van der Waals surface area contributed by atoms with Crippen LogP contribution in [-0.4, -0.2) is 58.8 Å². The number of alkyl halides is 3. The van der Waals surface area contributed by atoms with Crippen molar-refractivity contribution in [3.05, 3.63) is 52.8 Å². The minimum absolute atomic E-state index is 0.00128. The summed E-state index contributed by atoms with van der Waals surface area (Å²) in [4.78, 5) is 29.1. The van der Waals surface area contributed by atoms with E-state index in [-0.39, 0.29) is 22.6 Å². The van der Waals surface area contributed by atoms with Gasteiger partial charge in [0.15, 0.2) is 5.78 Å². The number of amides is 1. The van der Waals surface area contributed by atoms with Gasteiger partial charge in [-0.3, -0.25) is 14.5 Å². The van der Waals surface area contributed by atoms with Crippen molar-refractivity contribution < 1.29 is 27.5 Å². The zero-order valence-corrected chi connectivity index (χ0v) is 19.9. The fourth-order valence-electron chi connectivity index (χ4n) is 5.22. The Morgan fingerprint density at radius 3 is 2.29 bits per heavy atom. The number of carbonyl (C=O) groups excluding carboxylic acids is 2. The number of aromatic nitrogens is 1. The van der Waals surface area contributed by atoms with Crippen LogP contribution in [-0.2, 0) is 18.3 Å². The number of hydrogen-bond donors (Lipinski definition) is 0. The van der Waals surface area contributed by atoms with Crippen molar-refractivity contribution in [2.75, 3.05) is 26.7 Å². The number of piperidine rings is 1. The molecule has 2 aromatic rings. The molecule has 34 heavy (non-hydrogen) atoms. The Bertz CT molecular complexity index is 1100. The average molecular weight is 478 g/mol. The largest absolute Gasteiger partial charge is 0.490 e. The Morgan fingerprint density at radius 1 is 1.03 bits per heavy atom. The van der Waals surface area contributed by atoms with E-state index in [0.29, 0.717) is 31.6 Å². The fraction of sp³-hybridized carbons (Fsp3) is 0.520. The highest BCUT2D eigenvalue weighted by atomic mass is 19.4. The van der Waals surface area contributed by atoms with Crippen LogP contribution < -0.4 is 4.74 Å². The minimum Gasteiger partial charge on any atom is -0.490 e. The second-order valence-corrected chi connectivity index (χ2v) is 9.43. The monoisotopic (exact) mass is 477 g/mol. The first-order valence-corrected chi connectivity index (χ1v) is 11.5. The van der Waals surface area contributed by atoms with Crippen molar-refractivity contribution in [1.29, 1.82) is 0 Å². The summed E-state index contributed by atoms with van der Waals surface area (Å²) in [5, 5.41) is 0. The standard InChI is InChI=1S/C25H30F3N3O3/c1-16(2)34-21-7-5-18(15-19(21)25(26,27)28)23(33)30-11-9-24(10-12-30)22-8-6-20(17(3)32)31(22)14-13-29(24)4/h5-8,15-16H,9-14H2,1-4H3. The number of hydrogen-bond acceptors (Lipinski definition) is 4. The first-order valence-electron chi connectivity index (χ1n) is 11.5. The first kappa shape index (κ1) is 24.3. The maximum absolute atomic E-state index is 13.6. The predicted octanol–water partition coefficient (Wildman–Crippen LogP) is 4.57. The van der Waals surface area contributed by atoms with Crippen molar-refractivity contribution in [3.8, 4) is 5.75 Å². The Morgan fingerprint density at radius 2 is 1.71 bits per heavy atom. The SMILES string of the molecule is CC(=O)c1ccc2n1CCN(C)C21CCN(C(=O)c2ccc(OC(C)C)c(C(F)(F)F)c2)CC1. The second-order valence-electron chi connectivity index (χ2n) is 9.43. The number of ether oxygens (including phenoxy) is 1. The number of Topliss-reactive ketones (excluding diaryl/α,β-unsaturated/α-hetero) is 1. The molecule has 0 atom stereocenters. The van der Waals surface area contributed by atoms with E-state index in [4.69, 9.17) is 4.74 Å². The average Bonchev–Trinajstić information content (AvgIpc) is 3.21. The number of ketones is 1. The van der Waals surface area contributed by atoms with E-state index in [0.717, 1.165) is 24.8 Å². The Labute approximate surface area is 197 Å². The fourth-order valence-corrected chi connectivity index (χ4v) is 5.22. The molecule has 1 amide bonds. The van der Waals surface area contributed by atoms with Gasteiger partial charge in [0.05, 0.1) is 22.9 Å². The van der Waals surface area contributed by atoms with Crippen LogP contribution in [0.25, 0.3) is 0 Å². The number of likely N-dealkylation sites (tertiary alicyclic amines) is 1. The zero-order valence-electron chi connectivity index (χ0n) is 19.9. The molecule has 9 heteroatoms. The van der Waals surface area contributed by atoms with Crippen molar-refractivity contribution in [1.82, 2.24) is 14.4 Å². The van der Waals surface area contributed by atoms with Crippen LogP contribution in [0.15, 0.2) is 30.3 Å². The molecule has 0 radical (unpaired) electrons. The molecule has 1 fully saturated rings. The number of halogens is 3. The molecule has 0 aliphatic carbocycles. The lowest BCUT2D eigenvalue weighted by Crippen LogP contribution is -2.56. The van der Waals surface area contributed by atoms with Crippen LogP contribution in [0.1, 0.15) is 65.7 Å². The Hall–Kier alpha value is -2.81. The lowest BCUT2D eigenvalue weighted by Gasteiger charge is -2.50. The summed E-state index contributed by atoms with van der Waals surface area (Å²) >= 11 is 0. The molecule has 2 aliphatic heterocycles. The van der Waals surface area contributed by atoms with E-state index in [9.17, 15) is 22.8 Å². The van der Waals surface area contributed by atoms with E-state index in [1.54, 1.807) is 25.7 Å². The summed E-state index contributed by atoms with van der Waals surface area (Å²) in [6.07, 6.45) is -3.78. The van der Waals surface area contributed by atoms with Gasteiger partial charge < -0.3 is 14.2 Å². The number of benzene rings is 1. The van der Waals surface area contributed by atoms with Crippen LogP contribution in [0.3, 0.4) is 0 Å². The molecule has 3 heterocycles. The molecular formula is C25H30F3N3O3. The quantitative estimate of drug-likeness (QED) is 0.606. The van der Waals surface area contributed by atoms with Gasteiger partial charge in [-0.25, -0.2) is 0 Å². The number of likely N-dealkylation sites (N-methyl/N-ethyl adjacent to an activating group) is 1. The number of carbonyl (C=O) groups is 2. The van der Waals surface area contributed by atoms with E-state index in [1.165, 1.54) is 12.1 Å². The van der Waals surface area contributed by atoms with E-state index in [1.807, 2.05) is 19.2 Å². The molecular weight excluding hydrogens is 447 g/mol. The topological polar surface area (TPSA) is 54.8 Å². The van der Waals surface area contributed by atoms with Crippen LogP contribution >= 0.6 is 0 Å². The summed E-state index contributed by atoms with van der Waals surface area (Å²) in [5.41, 5.74) is 0.493. The number of fused-ring (bicyclic) bond motifs is 2. The van der Waals surface area contributed by atoms with E-state index < -0.39 is 23.8 Å². The van der Waals surface area contributed by atoms with Gasteiger partial charge in [0, 0.05) is 44.4 Å².